The molecule has 0 aliphatic carbocycles. The van der Waals surface area contributed by atoms with Crippen molar-refractivity contribution in [2.75, 3.05) is 25.4 Å². The van der Waals surface area contributed by atoms with Crippen LogP contribution in [0, 0.1) is 5.82 Å². The van der Waals surface area contributed by atoms with Crippen LogP contribution < -0.4 is 11.3 Å². The predicted molar refractivity (Wildman–Crippen MR) is 89.4 cm³/mol. The lowest BCUT2D eigenvalue weighted by atomic mass is 10.1. The Morgan fingerprint density at radius 3 is 2.91 bits per heavy atom. The molecule has 4 heterocycles. The van der Waals surface area contributed by atoms with Crippen molar-refractivity contribution in [2.45, 2.75) is 29.8 Å². The van der Waals surface area contributed by atoms with Crippen LogP contribution in [0.5, 0.6) is 0 Å². The third-order valence-electron chi connectivity index (χ3n) is 4.74. The third-order valence-corrected chi connectivity index (χ3v) is 5.97. The maximum Gasteiger partial charge on any atom is 0.251 e. The van der Waals surface area contributed by atoms with Gasteiger partial charge in [0.1, 0.15) is 0 Å². The number of hydrogen-bond donors (Lipinski definition) is 1. The zero-order valence-corrected chi connectivity index (χ0v) is 13.6. The first-order chi connectivity index (χ1) is 11.1. The second-order valence-electron chi connectivity index (χ2n) is 6.31. The summed E-state index contributed by atoms with van der Waals surface area (Å²) >= 11 is 1.49. The van der Waals surface area contributed by atoms with E-state index in [1.165, 1.54) is 24.0 Å². The predicted octanol–water partition coefficient (Wildman–Crippen LogP) is 1.61. The van der Waals surface area contributed by atoms with Crippen LogP contribution >= 0.6 is 11.8 Å². The minimum Gasteiger partial charge on any atom is -0.328 e. The Kier molecular flexibility index (Phi) is 3.87. The van der Waals surface area contributed by atoms with Gasteiger partial charge >= 0.3 is 0 Å². The van der Waals surface area contributed by atoms with Crippen LogP contribution in [0.15, 0.2) is 28.0 Å². The molecule has 5 nitrogen and oxygen atoms in total. The van der Waals surface area contributed by atoms with Gasteiger partial charge in [0.15, 0.2) is 5.82 Å². The lowest BCUT2D eigenvalue weighted by Gasteiger charge is -2.35. The van der Waals surface area contributed by atoms with Crippen LogP contribution in [-0.2, 0) is 0 Å². The second kappa shape index (κ2) is 5.89. The number of aromatic nitrogens is 2. The maximum absolute atomic E-state index is 14.1. The van der Waals surface area contributed by atoms with Gasteiger partial charge in [0.05, 0.1) is 28.2 Å². The summed E-state index contributed by atoms with van der Waals surface area (Å²) in [6, 6.07) is 3.55. The number of thioether (sulfide) groups is 1. The molecule has 2 aromatic heterocycles. The van der Waals surface area contributed by atoms with Crippen LogP contribution in [0.25, 0.3) is 11.0 Å². The molecule has 7 heteroatoms. The van der Waals surface area contributed by atoms with Crippen LogP contribution in [0.3, 0.4) is 0 Å². The molecule has 2 aliphatic heterocycles. The van der Waals surface area contributed by atoms with E-state index in [1.54, 1.807) is 10.6 Å². The SMILES string of the molecule is NC1CCN(C[C@@H]2CSc3c(F)cnc4ccc(=O)n2c34)CC1. The van der Waals surface area contributed by atoms with Crippen molar-refractivity contribution in [3.05, 3.63) is 34.5 Å². The highest BCUT2D eigenvalue weighted by atomic mass is 32.2. The van der Waals surface area contributed by atoms with E-state index in [-0.39, 0.29) is 23.5 Å². The number of nitrogens with zero attached hydrogens (tertiary/aromatic N) is 3. The molecule has 2 aromatic rings. The van der Waals surface area contributed by atoms with E-state index < -0.39 is 0 Å². The summed E-state index contributed by atoms with van der Waals surface area (Å²) < 4.78 is 15.8. The summed E-state index contributed by atoms with van der Waals surface area (Å²) in [6.45, 7) is 2.72. The molecule has 0 spiro atoms. The van der Waals surface area contributed by atoms with Crippen molar-refractivity contribution in [3.63, 3.8) is 0 Å². The van der Waals surface area contributed by atoms with Crippen molar-refractivity contribution in [3.8, 4) is 0 Å². The Bertz CT molecular complexity index is 801. The van der Waals surface area contributed by atoms with Gasteiger partial charge in [0, 0.05) is 24.4 Å². The number of nitrogens with two attached hydrogens (primary N) is 1. The Morgan fingerprint density at radius 2 is 2.13 bits per heavy atom. The lowest BCUT2D eigenvalue weighted by Crippen LogP contribution is -2.44. The molecule has 1 fully saturated rings. The molecule has 1 saturated heterocycles. The average molecular weight is 334 g/mol. The highest BCUT2D eigenvalue weighted by molar-refractivity contribution is 7.99. The molecule has 23 heavy (non-hydrogen) atoms. The van der Waals surface area contributed by atoms with E-state index in [9.17, 15) is 9.18 Å². The van der Waals surface area contributed by atoms with Gasteiger partial charge in [-0.3, -0.25) is 9.78 Å². The number of hydrogen-bond acceptors (Lipinski definition) is 5. The molecule has 122 valence electrons. The van der Waals surface area contributed by atoms with Crippen LogP contribution in [-0.4, -0.2) is 45.9 Å². The van der Waals surface area contributed by atoms with Gasteiger partial charge in [0.2, 0.25) is 0 Å². The fraction of sp³-hybridized carbons (Fsp3) is 0.500. The number of halogens is 1. The van der Waals surface area contributed by atoms with Crippen LogP contribution in [0.2, 0.25) is 0 Å². The summed E-state index contributed by atoms with van der Waals surface area (Å²) in [5, 5.41) is 0. The molecule has 0 aromatic carbocycles. The topological polar surface area (TPSA) is 64.2 Å². The van der Waals surface area contributed by atoms with Crippen LogP contribution in [0.1, 0.15) is 18.9 Å². The Balaban J connectivity index is 1.73. The molecule has 0 saturated carbocycles. The van der Waals surface area contributed by atoms with Gasteiger partial charge in [-0.15, -0.1) is 11.8 Å². The van der Waals surface area contributed by atoms with Crippen molar-refractivity contribution in [2.24, 2.45) is 5.73 Å². The monoisotopic (exact) mass is 334 g/mol. The molecule has 4 rings (SSSR count). The van der Waals surface area contributed by atoms with Gasteiger partial charge in [0.25, 0.3) is 5.56 Å². The average Bonchev–Trinajstić information content (AvgIpc) is 2.56. The lowest BCUT2D eigenvalue weighted by molar-refractivity contribution is 0.190. The van der Waals surface area contributed by atoms with Gasteiger partial charge in [-0.05, 0) is 32.0 Å². The van der Waals surface area contributed by atoms with E-state index in [0.717, 1.165) is 32.5 Å². The van der Waals surface area contributed by atoms with Crippen molar-refractivity contribution in [1.29, 1.82) is 0 Å². The van der Waals surface area contributed by atoms with Crippen molar-refractivity contribution >= 4 is 22.8 Å². The van der Waals surface area contributed by atoms with E-state index in [2.05, 4.69) is 9.88 Å². The quantitative estimate of drug-likeness (QED) is 0.904. The normalized spacial score (nSPS) is 22.6. The van der Waals surface area contributed by atoms with Gasteiger partial charge in [-0.25, -0.2) is 4.39 Å². The highest BCUT2D eigenvalue weighted by Crippen LogP contribution is 2.37. The van der Waals surface area contributed by atoms with Crippen molar-refractivity contribution < 1.29 is 4.39 Å². The first-order valence-corrected chi connectivity index (χ1v) is 8.92. The van der Waals surface area contributed by atoms with E-state index in [1.807, 2.05) is 0 Å². The largest absolute Gasteiger partial charge is 0.328 e. The number of likely N-dealkylation sites (tertiary alicyclic amines) is 1. The second-order valence-corrected chi connectivity index (χ2v) is 7.34. The Hall–Kier alpha value is -1.44. The fourth-order valence-corrected chi connectivity index (χ4v) is 4.64. The molecule has 0 bridgehead atoms. The first-order valence-electron chi connectivity index (χ1n) is 7.94. The molecule has 0 amide bonds. The number of rotatable bonds is 2. The third kappa shape index (κ3) is 2.66. The summed E-state index contributed by atoms with van der Waals surface area (Å²) in [5.41, 5.74) is 7.21. The fourth-order valence-electron chi connectivity index (χ4n) is 3.49. The van der Waals surface area contributed by atoms with Gasteiger partial charge < -0.3 is 15.2 Å². The van der Waals surface area contributed by atoms with Gasteiger partial charge in [-0.2, -0.15) is 0 Å². The Morgan fingerprint density at radius 1 is 1.35 bits per heavy atom. The molecule has 1 atom stereocenters. The maximum atomic E-state index is 14.1. The number of pyridine rings is 2. The van der Waals surface area contributed by atoms with E-state index in [0.29, 0.717) is 21.7 Å². The first kappa shape index (κ1) is 15.1. The number of piperidine rings is 1. The van der Waals surface area contributed by atoms with Crippen molar-refractivity contribution in [1.82, 2.24) is 14.5 Å². The molecule has 2 aliphatic rings. The standard InChI is InChI=1S/C16H19FN4OS/c17-12-7-19-13-1-2-14(22)21-11(9-23-16(12)15(13)21)8-20-5-3-10(18)4-6-20/h1-2,7,10-11H,3-6,8-9,18H2/t11-/m1/s1. The zero-order chi connectivity index (χ0) is 16.0. The highest BCUT2D eigenvalue weighted by Gasteiger charge is 2.28. The molecular weight excluding hydrogens is 315 g/mol. The summed E-state index contributed by atoms with van der Waals surface area (Å²) in [6.07, 6.45) is 3.23. The molecular formula is C16H19FN4OS. The summed E-state index contributed by atoms with van der Waals surface area (Å²) in [7, 11) is 0. The van der Waals surface area contributed by atoms with E-state index >= 15 is 0 Å². The van der Waals surface area contributed by atoms with E-state index in [4.69, 9.17) is 5.73 Å². The summed E-state index contributed by atoms with van der Waals surface area (Å²) in [4.78, 5) is 19.5. The molecule has 0 unspecified atom stereocenters. The van der Waals surface area contributed by atoms with Crippen LogP contribution in [0.4, 0.5) is 4.39 Å². The minimum atomic E-state index is -0.343. The zero-order valence-electron chi connectivity index (χ0n) is 12.7. The van der Waals surface area contributed by atoms with Gasteiger partial charge in [-0.1, -0.05) is 0 Å². The smallest absolute Gasteiger partial charge is 0.251 e. The molecule has 0 radical (unpaired) electrons. The molecule has 2 N–H and O–H groups in total. The minimum absolute atomic E-state index is 0.0432. The summed E-state index contributed by atoms with van der Waals surface area (Å²) in [5.74, 6) is 0.361. The Labute approximate surface area is 137 Å².